The Morgan fingerprint density at radius 3 is 2.68 bits per heavy atom. The smallest absolute Gasteiger partial charge is 0.160 e. The van der Waals surface area contributed by atoms with E-state index in [4.69, 9.17) is 19.9 Å². The van der Waals surface area contributed by atoms with E-state index < -0.39 is 0 Å². The molecule has 28 heavy (non-hydrogen) atoms. The van der Waals surface area contributed by atoms with Crippen LogP contribution in [0.4, 0.5) is 11.6 Å². The first-order chi connectivity index (χ1) is 13.7. The van der Waals surface area contributed by atoms with E-state index in [0.717, 1.165) is 54.6 Å². The molecule has 152 valence electrons. The first-order valence-electron chi connectivity index (χ1n) is 9.44. The Balaban J connectivity index is 1.61. The molecule has 1 saturated heterocycles. The molecule has 0 amide bonds. The van der Waals surface area contributed by atoms with Crippen molar-refractivity contribution in [1.29, 1.82) is 0 Å². The summed E-state index contributed by atoms with van der Waals surface area (Å²) in [5.74, 6) is 3.13. The summed E-state index contributed by atoms with van der Waals surface area (Å²) in [6.07, 6.45) is 3.52. The normalized spacial score (nSPS) is 18.9. The molecule has 1 aromatic carbocycles. The first-order valence-corrected chi connectivity index (χ1v) is 9.44. The number of benzene rings is 1. The summed E-state index contributed by atoms with van der Waals surface area (Å²) < 4.78 is 16.1. The zero-order chi connectivity index (χ0) is 19.9. The monoisotopic (exact) mass is 387 g/mol. The second kappa shape index (κ2) is 9.57. The van der Waals surface area contributed by atoms with Crippen LogP contribution in [0.2, 0.25) is 0 Å². The van der Waals surface area contributed by atoms with Crippen molar-refractivity contribution >= 4 is 11.6 Å². The van der Waals surface area contributed by atoms with Crippen molar-refractivity contribution in [2.45, 2.75) is 25.0 Å². The standard InChI is InChI=1S/C20H29N5O3/c1-26-16-9-15(11-21)25(12-16)20-10-19(23-13-24-20)22-7-6-14-4-5-17(27-2)18(8-14)28-3/h4-5,8,10,13,15-16H,6-7,9,11-12,21H2,1-3H3,(H,22,23,24)/t15-,16-/m0/s1. The highest BCUT2D eigenvalue weighted by Gasteiger charge is 2.32. The molecule has 1 aromatic heterocycles. The number of hydrogen-bond donors (Lipinski definition) is 2. The van der Waals surface area contributed by atoms with Crippen molar-refractivity contribution in [3.8, 4) is 11.5 Å². The van der Waals surface area contributed by atoms with Crippen LogP contribution in [0.25, 0.3) is 0 Å². The quantitative estimate of drug-likeness (QED) is 0.671. The molecule has 3 N–H and O–H groups in total. The minimum Gasteiger partial charge on any atom is -0.493 e. The third kappa shape index (κ3) is 4.63. The van der Waals surface area contributed by atoms with Crippen LogP contribution in [0.15, 0.2) is 30.6 Å². The lowest BCUT2D eigenvalue weighted by Crippen LogP contribution is -2.36. The van der Waals surface area contributed by atoms with Crippen LogP contribution in [0.1, 0.15) is 12.0 Å². The molecule has 2 heterocycles. The number of nitrogens with zero attached hydrogens (tertiary/aromatic N) is 3. The van der Waals surface area contributed by atoms with Crippen LogP contribution in [0.3, 0.4) is 0 Å². The van der Waals surface area contributed by atoms with Crippen LogP contribution >= 0.6 is 0 Å². The van der Waals surface area contributed by atoms with Gasteiger partial charge in [-0.15, -0.1) is 0 Å². The van der Waals surface area contributed by atoms with Gasteiger partial charge in [0.2, 0.25) is 0 Å². The Labute approximate surface area is 166 Å². The summed E-state index contributed by atoms with van der Waals surface area (Å²) in [6, 6.07) is 8.15. The maximum absolute atomic E-state index is 5.93. The van der Waals surface area contributed by atoms with Gasteiger partial charge in [-0.1, -0.05) is 6.07 Å². The summed E-state index contributed by atoms with van der Waals surface area (Å²) in [5, 5.41) is 3.37. The summed E-state index contributed by atoms with van der Waals surface area (Å²) >= 11 is 0. The molecule has 0 bridgehead atoms. The third-order valence-corrected chi connectivity index (χ3v) is 5.10. The number of anilines is 2. The average molecular weight is 387 g/mol. The Hall–Kier alpha value is -2.58. The molecular weight excluding hydrogens is 358 g/mol. The van der Waals surface area contributed by atoms with Crippen LogP contribution in [0, 0.1) is 0 Å². The van der Waals surface area contributed by atoms with Crippen LogP contribution in [-0.4, -0.2) is 63.1 Å². The Kier molecular flexibility index (Phi) is 6.89. The molecule has 2 aromatic rings. The highest BCUT2D eigenvalue weighted by Crippen LogP contribution is 2.28. The summed E-state index contributed by atoms with van der Waals surface area (Å²) in [7, 11) is 5.02. The van der Waals surface area contributed by atoms with Crippen molar-refractivity contribution < 1.29 is 14.2 Å². The van der Waals surface area contributed by atoms with Gasteiger partial charge in [0.15, 0.2) is 11.5 Å². The largest absolute Gasteiger partial charge is 0.493 e. The lowest BCUT2D eigenvalue weighted by atomic mass is 10.1. The van der Waals surface area contributed by atoms with E-state index in [1.165, 1.54) is 0 Å². The molecule has 3 rings (SSSR count). The number of rotatable bonds is 9. The summed E-state index contributed by atoms with van der Waals surface area (Å²) in [6.45, 7) is 2.11. The van der Waals surface area contributed by atoms with E-state index in [-0.39, 0.29) is 12.1 Å². The zero-order valence-electron chi connectivity index (χ0n) is 16.7. The van der Waals surface area contributed by atoms with Crippen LogP contribution in [-0.2, 0) is 11.2 Å². The Morgan fingerprint density at radius 2 is 1.96 bits per heavy atom. The lowest BCUT2D eigenvalue weighted by molar-refractivity contribution is 0.118. The third-order valence-electron chi connectivity index (χ3n) is 5.10. The van der Waals surface area contributed by atoms with Gasteiger partial charge in [-0.3, -0.25) is 0 Å². The van der Waals surface area contributed by atoms with Crippen molar-refractivity contribution in [2.75, 3.05) is 51.2 Å². The van der Waals surface area contributed by atoms with E-state index in [0.29, 0.717) is 6.54 Å². The molecule has 0 radical (unpaired) electrons. The topological polar surface area (TPSA) is 94.8 Å². The van der Waals surface area contributed by atoms with Gasteiger partial charge in [0.05, 0.1) is 20.3 Å². The second-order valence-corrected chi connectivity index (χ2v) is 6.76. The molecule has 0 saturated carbocycles. The minimum absolute atomic E-state index is 0.185. The molecule has 0 unspecified atom stereocenters. The molecule has 2 atom stereocenters. The zero-order valence-corrected chi connectivity index (χ0v) is 16.7. The van der Waals surface area contributed by atoms with Gasteiger partial charge in [0.1, 0.15) is 18.0 Å². The van der Waals surface area contributed by atoms with E-state index in [2.05, 4.69) is 20.2 Å². The van der Waals surface area contributed by atoms with E-state index in [9.17, 15) is 0 Å². The van der Waals surface area contributed by atoms with Crippen molar-refractivity contribution in [3.05, 3.63) is 36.2 Å². The van der Waals surface area contributed by atoms with Crippen LogP contribution in [0.5, 0.6) is 11.5 Å². The van der Waals surface area contributed by atoms with Gasteiger partial charge < -0.3 is 30.2 Å². The van der Waals surface area contributed by atoms with Crippen molar-refractivity contribution in [3.63, 3.8) is 0 Å². The number of nitrogens with one attached hydrogen (secondary N) is 1. The van der Waals surface area contributed by atoms with E-state index in [1.807, 2.05) is 24.3 Å². The average Bonchev–Trinajstić information content (AvgIpc) is 3.17. The fraction of sp³-hybridized carbons (Fsp3) is 0.500. The van der Waals surface area contributed by atoms with Gasteiger partial charge in [-0.2, -0.15) is 0 Å². The fourth-order valence-electron chi connectivity index (χ4n) is 3.52. The fourth-order valence-corrected chi connectivity index (χ4v) is 3.52. The maximum Gasteiger partial charge on any atom is 0.160 e. The summed E-state index contributed by atoms with van der Waals surface area (Å²) in [4.78, 5) is 11.0. The predicted molar refractivity (Wildman–Crippen MR) is 109 cm³/mol. The number of hydrogen-bond acceptors (Lipinski definition) is 8. The van der Waals surface area contributed by atoms with Crippen molar-refractivity contribution in [1.82, 2.24) is 9.97 Å². The highest BCUT2D eigenvalue weighted by atomic mass is 16.5. The van der Waals surface area contributed by atoms with Crippen LogP contribution < -0.4 is 25.4 Å². The number of aromatic nitrogens is 2. The molecule has 1 aliphatic rings. The van der Waals surface area contributed by atoms with Gasteiger partial charge in [0.25, 0.3) is 0 Å². The highest BCUT2D eigenvalue weighted by molar-refractivity contribution is 5.50. The SMILES string of the molecule is COc1ccc(CCNc2cc(N3C[C@@H](OC)C[C@H]3CN)ncn2)cc1OC. The molecule has 1 fully saturated rings. The number of methoxy groups -OCH3 is 3. The molecule has 0 aliphatic carbocycles. The second-order valence-electron chi connectivity index (χ2n) is 6.76. The Morgan fingerprint density at radius 1 is 1.14 bits per heavy atom. The van der Waals surface area contributed by atoms with Crippen molar-refractivity contribution in [2.24, 2.45) is 5.73 Å². The predicted octanol–water partition coefficient (Wildman–Crippen LogP) is 1.70. The van der Waals surface area contributed by atoms with E-state index in [1.54, 1.807) is 27.7 Å². The minimum atomic E-state index is 0.185. The molecule has 1 aliphatic heterocycles. The lowest BCUT2D eigenvalue weighted by Gasteiger charge is -2.24. The Bertz CT molecular complexity index is 773. The van der Waals surface area contributed by atoms with E-state index >= 15 is 0 Å². The molecular formula is C20H29N5O3. The molecule has 0 spiro atoms. The number of nitrogens with two attached hydrogens (primary N) is 1. The first kappa shape index (κ1) is 20.2. The van der Waals surface area contributed by atoms with Gasteiger partial charge in [0, 0.05) is 38.9 Å². The maximum atomic E-state index is 5.93. The summed E-state index contributed by atoms with van der Waals surface area (Å²) in [5.41, 5.74) is 7.09. The molecule has 8 heteroatoms. The van der Waals surface area contributed by atoms with Gasteiger partial charge >= 0.3 is 0 Å². The molecule has 8 nitrogen and oxygen atoms in total. The van der Waals surface area contributed by atoms with Gasteiger partial charge in [-0.25, -0.2) is 9.97 Å². The number of ether oxygens (including phenoxy) is 3. The van der Waals surface area contributed by atoms with Gasteiger partial charge in [-0.05, 0) is 30.5 Å².